The zero-order valence-corrected chi connectivity index (χ0v) is 24.7. The highest BCUT2D eigenvalue weighted by Crippen LogP contribution is 2.30. The van der Waals surface area contributed by atoms with Gasteiger partial charge in [0.15, 0.2) is 0 Å². The third-order valence-electron chi connectivity index (χ3n) is 7.47. The molecule has 5 rings (SSSR count). The Balaban J connectivity index is 1.64. The van der Waals surface area contributed by atoms with E-state index in [0.29, 0.717) is 46.9 Å². The van der Waals surface area contributed by atoms with E-state index in [4.69, 9.17) is 16.6 Å². The Morgan fingerprint density at radius 1 is 0.929 bits per heavy atom. The summed E-state index contributed by atoms with van der Waals surface area (Å²) in [7, 11) is 0. The predicted molar refractivity (Wildman–Crippen MR) is 168 cm³/mol. The summed E-state index contributed by atoms with van der Waals surface area (Å²) in [6.45, 7) is 6.68. The largest absolute Gasteiger partial charge is 0.328 e. The number of carbonyl (C=O) groups is 1. The molecule has 0 radical (unpaired) electrons. The molecule has 42 heavy (non-hydrogen) atoms. The van der Waals surface area contributed by atoms with Crippen molar-refractivity contribution in [3.63, 3.8) is 0 Å². The van der Waals surface area contributed by atoms with Gasteiger partial charge in [-0.1, -0.05) is 87.0 Å². The second-order valence-electron chi connectivity index (χ2n) is 10.8. The van der Waals surface area contributed by atoms with Gasteiger partial charge >= 0.3 is 0 Å². The van der Waals surface area contributed by atoms with Gasteiger partial charge in [0.05, 0.1) is 27.7 Å². The summed E-state index contributed by atoms with van der Waals surface area (Å²) in [6.07, 6.45) is 1.27. The molecular formula is C35H33ClFN3O2. The molecule has 0 spiro atoms. The lowest BCUT2D eigenvalue weighted by Gasteiger charge is -2.33. The van der Waals surface area contributed by atoms with Gasteiger partial charge in [-0.05, 0) is 72.4 Å². The molecule has 0 aliphatic carbocycles. The maximum Gasteiger partial charge on any atom is 0.266 e. The van der Waals surface area contributed by atoms with Crippen LogP contribution in [0.4, 0.5) is 4.39 Å². The van der Waals surface area contributed by atoms with Crippen LogP contribution in [-0.4, -0.2) is 26.9 Å². The van der Waals surface area contributed by atoms with Crippen molar-refractivity contribution >= 4 is 28.4 Å². The predicted octanol–water partition coefficient (Wildman–Crippen LogP) is 8.48. The van der Waals surface area contributed by atoms with E-state index in [1.54, 1.807) is 18.2 Å². The molecule has 1 unspecified atom stereocenters. The van der Waals surface area contributed by atoms with Crippen molar-refractivity contribution in [2.45, 2.75) is 39.7 Å². The summed E-state index contributed by atoms with van der Waals surface area (Å²) >= 11 is 6.16. The zero-order valence-electron chi connectivity index (χ0n) is 23.9. The minimum atomic E-state index is -0.580. The number of halogens is 2. The van der Waals surface area contributed by atoms with E-state index in [0.717, 1.165) is 17.5 Å². The molecule has 1 heterocycles. The van der Waals surface area contributed by atoms with Gasteiger partial charge in [-0.25, -0.2) is 9.37 Å². The maximum absolute atomic E-state index is 14.2. The molecule has 0 saturated heterocycles. The molecule has 1 aromatic heterocycles. The lowest BCUT2D eigenvalue weighted by molar-refractivity contribution is 0.0648. The molecule has 7 heteroatoms. The number of hydrogen-bond donors (Lipinski definition) is 0. The van der Waals surface area contributed by atoms with Crippen molar-refractivity contribution in [2.24, 2.45) is 5.92 Å². The van der Waals surface area contributed by atoms with Gasteiger partial charge in [0.25, 0.3) is 11.5 Å². The molecule has 1 atom stereocenters. The van der Waals surface area contributed by atoms with Gasteiger partial charge in [-0.15, -0.1) is 0 Å². The van der Waals surface area contributed by atoms with E-state index in [1.807, 2.05) is 72.5 Å². The van der Waals surface area contributed by atoms with Crippen LogP contribution in [0.5, 0.6) is 0 Å². The van der Waals surface area contributed by atoms with E-state index in [1.165, 1.54) is 22.8 Å². The molecule has 214 valence electrons. The maximum atomic E-state index is 14.2. The van der Waals surface area contributed by atoms with Crippen molar-refractivity contribution in [1.82, 2.24) is 14.5 Å². The molecule has 0 aliphatic rings. The van der Waals surface area contributed by atoms with Crippen LogP contribution in [0.3, 0.4) is 0 Å². The van der Waals surface area contributed by atoms with Gasteiger partial charge < -0.3 is 4.90 Å². The van der Waals surface area contributed by atoms with Crippen LogP contribution in [0.25, 0.3) is 27.7 Å². The highest BCUT2D eigenvalue weighted by Gasteiger charge is 2.30. The average Bonchev–Trinajstić information content (AvgIpc) is 3.01. The summed E-state index contributed by atoms with van der Waals surface area (Å²) in [5.41, 5.74) is 3.26. The lowest BCUT2D eigenvalue weighted by atomic mass is 10.0. The van der Waals surface area contributed by atoms with Crippen LogP contribution < -0.4 is 5.56 Å². The van der Waals surface area contributed by atoms with Crippen molar-refractivity contribution in [3.8, 4) is 16.8 Å². The van der Waals surface area contributed by atoms with Crippen molar-refractivity contribution in [1.29, 1.82) is 0 Å². The second-order valence-corrected chi connectivity index (χ2v) is 11.2. The molecule has 5 nitrogen and oxygen atoms in total. The smallest absolute Gasteiger partial charge is 0.266 e. The number of benzene rings is 4. The number of nitrogens with zero attached hydrogens (tertiary/aromatic N) is 3. The molecule has 5 aromatic rings. The first kappa shape index (κ1) is 29.2. The van der Waals surface area contributed by atoms with Gasteiger partial charge in [0.2, 0.25) is 0 Å². The van der Waals surface area contributed by atoms with E-state index >= 15 is 0 Å². The van der Waals surface area contributed by atoms with Crippen molar-refractivity contribution in [3.05, 3.63) is 130 Å². The minimum absolute atomic E-state index is 0.0993. The Labute approximate surface area is 250 Å². The van der Waals surface area contributed by atoms with Gasteiger partial charge in [-0.2, -0.15) is 0 Å². The number of hydrogen-bond acceptors (Lipinski definition) is 3. The van der Waals surface area contributed by atoms with Crippen LogP contribution in [-0.2, 0) is 0 Å². The van der Waals surface area contributed by atoms with Crippen molar-refractivity contribution in [2.75, 3.05) is 6.54 Å². The summed E-state index contributed by atoms with van der Waals surface area (Å²) in [5, 5.41) is 0.325. The SMILES string of the molecule is CCC(c1nc2ccccc2c(=O)n1-c1ccc(F)c(Cl)c1)N(CCC(C)C)C(=O)c1ccc(-c2ccccc2)cc1. The summed E-state index contributed by atoms with van der Waals surface area (Å²) in [4.78, 5) is 34.9. The number of fused-ring (bicyclic) bond motifs is 1. The fourth-order valence-electron chi connectivity index (χ4n) is 5.19. The average molecular weight is 582 g/mol. The molecule has 1 amide bonds. The van der Waals surface area contributed by atoms with Gasteiger partial charge in [-0.3, -0.25) is 14.2 Å². The number of rotatable bonds is 9. The number of amides is 1. The monoisotopic (exact) mass is 581 g/mol. The molecule has 4 aromatic carbocycles. The number of aromatic nitrogens is 2. The van der Waals surface area contributed by atoms with Crippen LogP contribution in [0.2, 0.25) is 5.02 Å². The van der Waals surface area contributed by atoms with E-state index in [2.05, 4.69) is 13.8 Å². The van der Waals surface area contributed by atoms with Crippen LogP contribution in [0.1, 0.15) is 55.8 Å². The van der Waals surface area contributed by atoms with E-state index < -0.39 is 11.9 Å². The molecule has 0 fully saturated rings. The highest BCUT2D eigenvalue weighted by atomic mass is 35.5. The first-order valence-electron chi connectivity index (χ1n) is 14.2. The lowest BCUT2D eigenvalue weighted by Crippen LogP contribution is -2.39. The topological polar surface area (TPSA) is 55.2 Å². The fraction of sp³-hybridized carbons (Fsp3) is 0.229. The molecular weight excluding hydrogens is 549 g/mol. The molecule has 0 saturated carbocycles. The van der Waals surface area contributed by atoms with E-state index in [9.17, 15) is 14.0 Å². The van der Waals surface area contributed by atoms with Crippen LogP contribution >= 0.6 is 11.6 Å². The number of carbonyl (C=O) groups excluding carboxylic acids is 1. The van der Waals surface area contributed by atoms with Gasteiger partial charge in [0.1, 0.15) is 11.6 Å². The second kappa shape index (κ2) is 12.7. The summed E-state index contributed by atoms with van der Waals surface area (Å²) in [5.74, 6) is 0.0273. The third-order valence-corrected chi connectivity index (χ3v) is 7.76. The molecule has 0 bridgehead atoms. The third kappa shape index (κ3) is 6.00. The Bertz CT molecular complexity index is 1770. The Morgan fingerprint density at radius 2 is 1.60 bits per heavy atom. The summed E-state index contributed by atoms with van der Waals surface area (Å²) < 4.78 is 15.6. The summed E-state index contributed by atoms with van der Waals surface area (Å²) in [6, 6.07) is 28.4. The highest BCUT2D eigenvalue weighted by molar-refractivity contribution is 6.30. The van der Waals surface area contributed by atoms with Crippen LogP contribution in [0, 0.1) is 11.7 Å². The minimum Gasteiger partial charge on any atom is -0.328 e. The standard InChI is InChI=1S/C35H33ClFN3O2/c1-4-32(33-38-31-13-9-8-12-28(31)35(42)40(33)27-18-19-30(37)29(36)22-27)39(21-20-23(2)3)34(41)26-16-14-25(15-17-26)24-10-6-5-7-11-24/h5-19,22-23,32H,4,20-21H2,1-3H3. The first-order valence-corrected chi connectivity index (χ1v) is 14.6. The quantitative estimate of drug-likeness (QED) is 0.175. The molecule has 0 N–H and O–H groups in total. The Morgan fingerprint density at radius 3 is 2.26 bits per heavy atom. The Kier molecular flexibility index (Phi) is 8.83. The van der Waals surface area contributed by atoms with Crippen LogP contribution in [0.15, 0.2) is 102 Å². The van der Waals surface area contributed by atoms with E-state index in [-0.39, 0.29) is 16.5 Å². The normalized spacial score (nSPS) is 12.0. The van der Waals surface area contributed by atoms with Crippen molar-refractivity contribution < 1.29 is 9.18 Å². The first-order chi connectivity index (χ1) is 20.3. The molecule has 0 aliphatic heterocycles. The van der Waals surface area contributed by atoms with Gasteiger partial charge in [0, 0.05) is 12.1 Å². The fourth-order valence-corrected chi connectivity index (χ4v) is 5.36. The zero-order chi connectivity index (χ0) is 29.8. The number of para-hydroxylation sites is 1. The Hall–Kier alpha value is -4.29.